The lowest BCUT2D eigenvalue weighted by Crippen LogP contribution is -2.41. The van der Waals surface area contributed by atoms with Gasteiger partial charge >= 0.3 is 0 Å². The van der Waals surface area contributed by atoms with Gasteiger partial charge in [0.05, 0.1) is 30.8 Å². The van der Waals surface area contributed by atoms with Crippen LogP contribution in [0.3, 0.4) is 0 Å². The number of nitrogens with zero attached hydrogens (tertiary/aromatic N) is 1. The number of amides is 1. The Kier molecular flexibility index (Phi) is 8.30. The van der Waals surface area contributed by atoms with Crippen molar-refractivity contribution in [1.82, 2.24) is 5.32 Å². The largest absolute Gasteiger partial charge is 0.493 e. The molecule has 0 spiro atoms. The van der Waals surface area contributed by atoms with Gasteiger partial charge in [-0.2, -0.15) is 0 Å². The smallest absolute Gasteiger partial charge is 0.264 e. The molecule has 0 radical (unpaired) electrons. The average Bonchev–Trinajstić information content (AvgIpc) is 2.81. The summed E-state index contributed by atoms with van der Waals surface area (Å²) in [6, 6.07) is 17.0. The zero-order valence-electron chi connectivity index (χ0n) is 18.8. The minimum absolute atomic E-state index is 0.0341. The van der Waals surface area contributed by atoms with E-state index < -0.39 is 28.5 Å². The fraction of sp³-hybridized carbons (Fsp3) is 0.208. The van der Waals surface area contributed by atoms with Crippen LogP contribution in [-0.4, -0.2) is 35.1 Å². The highest BCUT2D eigenvalue weighted by molar-refractivity contribution is 7.92. The van der Waals surface area contributed by atoms with Crippen molar-refractivity contribution >= 4 is 44.8 Å². The predicted octanol–water partition coefficient (Wildman–Crippen LogP) is 5.08. The lowest BCUT2D eigenvalue weighted by Gasteiger charge is -2.25. The van der Waals surface area contributed by atoms with Gasteiger partial charge in [-0.1, -0.05) is 47.5 Å². The quantitative estimate of drug-likeness (QED) is 0.423. The van der Waals surface area contributed by atoms with Gasteiger partial charge in [0.2, 0.25) is 5.91 Å². The summed E-state index contributed by atoms with van der Waals surface area (Å²) in [6.45, 7) is 1.30. The van der Waals surface area contributed by atoms with Crippen molar-refractivity contribution in [3.63, 3.8) is 0 Å². The number of ether oxygens (including phenoxy) is 2. The van der Waals surface area contributed by atoms with Gasteiger partial charge in [-0.3, -0.25) is 9.10 Å². The van der Waals surface area contributed by atoms with Crippen LogP contribution in [0.15, 0.2) is 71.6 Å². The van der Waals surface area contributed by atoms with Crippen LogP contribution >= 0.6 is 23.2 Å². The number of carbonyl (C=O) groups is 1. The van der Waals surface area contributed by atoms with E-state index in [1.807, 2.05) is 0 Å². The van der Waals surface area contributed by atoms with Gasteiger partial charge in [-0.05, 0) is 55.0 Å². The topological polar surface area (TPSA) is 84.9 Å². The Morgan fingerprint density at radius 1 is 0.941 bits per heavy atom. The number of hydrogen-bond acceptors (Lipinski definition) is 5. The molecule has 0 aromatic heterocycles. The predicted molar refractivity (Wildman–Crippen MR) is 134 cm³/mol. The molecule has 3 rings (SSSR count). The summed E-state index contributed by atoms with van der Waals surface area (Å²) >= 11 is 12.2. The molecule has 0 aliphatic carbocycles. The SMILES string of the molecule is COc1ccc(C(C)NC(=O)CN(c2cc(Cl)cc(Cl)c2)S(=O)(=O)c2ccccc2)cc1OC. The van der Waals surface area contributed by atoms with E-state index in [0.717, 1.165) is 9.87 Å². The van der Waals surface area contributed by atoms with E-state index in [0.29, 0.717) is 11.5 Å². The number of rotatable bonds is 9. The summed E-state index contributed by atoms with van der Waals surface area (Å²) in [5, 5.41) is 3.32. The van der Waals surface area contributed by atoms with Gasteiger partial charge in [0, 0.05) is 10.0 Å². The Morgan fingerprint density at radius 2 is 1.56 bits per heavy atom. The molecule has 3 aromatic rings. The van der Waals surface area contributed by atoms with E-state index in [1.165, 1.54) is 44.6 Å². The lowest BCUT2D eigenvalue weighted by atomic mass is 10.1. The maximum absolute atomic E-state index is 13.4. The number of hydrogen-bond donors (Lipinski definition) is 1. The zero-order chi connectivity index (χ0) is 24.9. The van der Waals surface area contributed by atoms with Crippen molar-refractivity contribution in [3.8, 4) is 11.5 Å². The summed E-state index contributed by atoms with van der Waals surface area (Å²) in [5.74, 6) is 0.559. The van der Waals surface area contributed by atoms with Crippen LogP contribution in [0.4, 0.5) is 5.69 Å². The zero-order valence-corrected chi connectivity index (χ0v) is 21.1. The maximum Gasteiger partial charge on any atom is 0.264 e. The second-order valence-electron chi connectivity index (χ2n) is 7.36. The van der Waals surface area contributed by atoms with Gasteiger partial charge in [-0.25, -0.2) is 8.42 Å². The van der Waals surface area contributed by atoms with Crippen LogP contribution in [0.2, 0.25) is 10.0 Å². The highest BCUT2D eigenvalue weighted by Crippen LogP contribution is 2.31. The highest BCUT2D eigenvalue weighted by atomic mass is 35.5. The van der Waals surface area contributed by atoms with E-state index in [9.17, 15) is 13.2 Å². The molecule has 1 N–H and O–H groups in total. The van der Waals surface area contributed by atoms with E-state index in [2.05, 4.69) is 5.32 Å². The van der Waals surface area contributed by atoms with Gasteiger partial charge < -0.3 is 14.8 Å². The minimum Gasteiger partial charge on any atom is -0.493 e. The number of methoxy groups -OCH3 is 2. The maximum atomic E-state index is 13.4. The summed E-state index contributed by atoms with van der Waals surface area (Å²) in [7, 11) is -1.03. The molecule has 1 amide bonds. The minimum atomic E-state index is -4.08. The average molecular weight is 523 g/mol. The van der Waals surface area contributed by atoms with Crippen LogP contribution in [-0.2, 0) is 14.8 Å². The number of benzene rings is 3. The molecule has 1 unspecified atom stereocenters. The van der Waals surface area contributed by atoms with Crippen LogP contribution in [0.1, 0.15) is 18.5 Å². The molecule has 7 nitrogen and oxygen atoms in total. The Bertz CT molecular complexity index is 1250. The first kappa shape index (κ1) is 25.7. The second-order valence-corrected chi connectivity index (χ2v) is 10.1. The van der Waals surface area contributed by atoms with Crippen LogP contribution < -0.4 is 19.1 Å². The number of carbonyl (C=O) groups excluding carboxylic acids is 1. The van der Waals surface area contributed by atoms with Crippen molar-refractivity contribution in [2.45, 2.75) is 17.9 Å². The van der Waals surface area contributed by atoms with Crippen LogP contribution in [0.25, 0.3) is 0 Å². The van der Waals surface area contributed by atoms with Crippen molar-refractivity contribution < 1.29 is 22.7 Å². The van der Waals surface area contributed by atoms with Crippen LogP contribution in [0, 0.1) is 0 Å². The van der Waals surface area contributed by atoms with Crippen molar-refractivity contribution in [2.75, 3.05) is 25.1 Å². The molecule has 0 saturated heterocycles. The first-order valence-corrected chi connectivity index (χ1v) is 12.4. The summed E-state index contributed by atoms with van der Waals surface area (Å²) in [5.41, 5.74) is 0.935. The van der Waals surface area contributed by atoms with E-state index in [4.69, 9.17) is 32.7 Å². The van der Waals surface area contributed by atoms with Crippen molar-refractivity contribution in [3.05, 3.63) is 82.3 Å². The van der Waals surface area contributed by atoms with E-state index in [-0.39, 0.29) is 20.6 Å². The fourth-order valence-electron chi connectivity index (χ4n) is 3.34. The molecular formula is C24H24Cl2N2O5S. The third-order valence-electron chi connectivity index (χ3n) is 5.04. The lowest BCUT2D eigenvalue weighted by molar-refractivity contribution is -0.120. The Morgan fingerprint density at radius 3 is 2.15 bits per heavy atom. The molecule has 180 valence electrons. The molecule has 34 heavy (non-hydrogen) atoms. The van der Waals surface area contributed by atoms with Gasteiger partial charge in [0.15, 0.2) is 11.5 Å². The Hall–Kier alpha value is -2.94. The summed E-state index contributed by atoms with van der Waals surface area (Å²) in [4.78, 5) is 13.0. The van der Waals surface area contributed by atoms with E-state index >= 15 is 0 Å². The molecule has 0 heterocycles. The number of sulfonamides is 1. The normalized spacial score (nSPS) is 12.0. The molecule has 1 atom stereocenters. The summed E-state index contributed by atoms with van der Waals surface area (Å²) in [6.07, 6.45) is 0. The first-order valence-electron chi connectivity index (χ1n) is 10.2. The third-order valence-corrected chi connectivity index (χ3v) is 7.26. The van der Waals surface area contributed by atoms with Gasteiger partial charge in [0.25, 0.3) is 10.0 Å². The standard InChI is InChI=1S/C24H24Cl2N2O5S/c1-16(17-9-10-22(32-2)23(11-17)33-3)27-24(29)15-28(20-13-18(25)12-19(26)14-20)34(30,31)21-7-5-4-6-8-21/h4-14,16H,15H2,1-3H3,(H,27,29). The number of anilines is 1. The van der Waals surface area contributed by atoms with Crippen molar-refractivity contribution in [1.29, 1.82) is 0 Å². The molecule has 0 fully saturated rings. The number of halogens is 2. The highest BCUT2D eigenvalue weighted by Gasteiger charge is 2.28. The van der Waals surface area contributed by atoms with Gasteiger partial charge in [0.1, 0.15) is 6.54 Å². The molecular weight excluding hydrogens is 499 g/mol. The van der Waals surface area contributed by atoms with Crippen molar-refractivity contribution in [2.24, 2.45) is 0 Å². The monoisotopic (exact) mass is 522 g/mol. The third kappa shape index (κ3) is 5.94. The molecule has 0 saturated carbocycles. The second kappa shape index (κ2) is 11.0. The first-order chi connectivity index (χ1) is 16.1. The Balaban J connectivity index is 1.90. The molecule has 3 aromatic carbocycles. The molecule has 0 aliphatic heterocycles. The molecule has 10 heteroatoms. The van der Waals surface area contributed by atoms with E-state index in [1.54, 1.807) is 43.3 Å². The summed E-state index contributed by atoms with van der Waals surface area (Å²) < 4.78 is 38.4. The molecule has 0 bridgehead atoms. The molecule has 0 aliphatic rings. The Labute approximate surface area is 209 Å². The van der Waals surface area contributed by atoms with Crippen LogP contribution in [0.5, 0.6) is 11.5 Å². The fourth-order valence-corrected chi connectivity index (χ4v) is 5.28. The van der Waals surface area contributed by atoms with Gasteiger partial charge in [-0.15, -0.1) is 0 Å². The number of nitrogens with one attached hydrogen (secondary N) is 1.